The molecule has 1 aliphatic heterocycles. The van der Waals surface area contributed by atoms with Gasteiger partial charge in [-0.1, -0.05) is 24.3 Å². The number of para-hydroxylation sites is 1. The first-order valence-corrected chi connectivity index (χ1v) is 11.1. The number of methoxy groups -OCH3 is 1. The predicted octanol–water partition coefficient (Wildman–Crippen LogP) is 4.69. The number of amides is 1. The number of aromatic nitrogens is 2. The third-order valence-corrected chi connectivity index (χ3v) is 6.16. The van der Waals surface area contributed by atoms with E-state index in [1.807, 2.05) is 55.1 Å². The molecule has 172 valence electrons. The monoisotopic (exact) mass is 448 g/mol. The number of benzene rings is 2. The third kappa shape index (κ3) is 4.67. The van der Waals surface area contributed by atoms with Gasteiger partial charge in [-0.2, -0.15) is 0 Å². The molecule has 3 aromatic rings. The second-order valence-electron chi connectivity index (χ2n) is 8.60. The number of hydrogen-bond acceptors (Lipinski definition) is 5. The van der Waals surface area contributed by atoms with Crippen molar-refractivity contribution in [1.82, 2.24) is 14.9 Å². The third-order valence-electron chi connectivity index (χ3n) is 6.16. The minimum absolute atomic E-state index is 0.0176. The molecule has 0 spiro atoms. The van der Waals surface area contributed by atoms with Crippen molar-refractivity contribution < 1.29 is 13.9 Å². The van der Waals surface area contributed by atoms with Crippen LogP contribution in [0.4, 0.5) is 10.3 Å². The standard InChI is InChI=1S/C26H29FN4O2/c1-17-7-5-10-21(24(17)33-4)25(32)31-13-11-18(12-14-31)23-22(16-28-26(29-23)30(2)3)19-8-6-9-20(27)15-19/h5-10,15-16,18H,11-14H2,1-4H3. The van der Waals surface area contributed by atoms with E-state index in [0.717, 1.165) is 35.2 Å². The highest BCUT2D eigenvalue weighted by Crippen LogP contribution is 2.36. The van der Waals surface area contributed by atoms with E-state index in [-0.39, 0.29) is 17.6 Å². The second-order valence-corrected chi connectivity index (χ2v) is 8.60. The van der Waals surface area contributed by atoms with Gasteiger partial charge in [0.05, 0.1) is 18.4 Å². The normalized spacial score (nSPS) is 14.3. The molecule has 0 atom stereocenters. The Morgan fingerprint density at radius 2 is 1.88 bits per heavy atom. The van der Waals surface area contributed by atoms with Crippen LogP contribution in [0.1, 0.15) is 40.4 Å². The highest BCUT2D eigenvalue weighted by atomic mass is 19.1. The number of aryl methyl sites for hydroxylation is 1. The number of rotatable bonds is 5. The van der Waals surface area contributed by atoms with Crippen molar-refractivity contribution in [3.8, 4) is 16.9 Å². The smallest absolute Gasteiger partial charge is 0.257 e. The quantitative estimate of drug-likeness (QED) is 0.567. The van der Waals surface area contributed by atoms with Gasteiger partial charge in [0.2, 0.25) is 5.95 Å². The van der Waals surface area contributed by atoms with Crippen LogP contribution in [-0.4, -0.2) is 55.1 Å². The number of anilines is 1. The van der Waals surface area contributed by atoms with Gasteiger partial charge >= 0.3 is 0 Å². The summed E-state index contributed by atoms with van der Waals surface area (Å²) >= 11 is 0. The van der Waals surface area contributed by atoms with E-state index in [2.05, 4.69) is 4.98 Å². The fourth-order valence-corrected chi connectivity index (χ4v) is 4.41. The minimum Gasteiger partial charge on any atom is -0.496 e. The first kappa shape index (κ1) is 22.7. The molecular formula is C26H29FN4O2. The summed E-state index contributed by atoms with van der Waals surface area (Å²) in [6, 6.07) is 12.2. The Labute approximate surface area is 194 Å². The molecule has 1 fully saturated rings. The van der Waals surface area contributed by atoms with Crippen molar-refractivity contribution in [3.05, 3.63) is 71.3 Å². The summed E-state index contributed by atoms with van der Waals surface area (Å²) in [5.41, 5.74) is 4.03. The van der Waals surface area contributed by atoms with Gasteiger partial charge in [0.15, 0.2) is 0 Å². The van der Waals surface area contributed by atoms with Gasteiger partial charge < -0.3 is 14.5 Å². The van der Waals surface area contributed by atoms with Crippen LogP contribution in [0.3, 0.4) is 0 Å². The number of ether oxygens (including phenoxy) is 1. The predicted molar refractivity (Wildman–Crippen MR) is 127 cm³/mol. The van der Waals surface area contributed by atoms with Crippen LogP contribution in [0.25, 0.3) is 11.1 Å². The van der Waals surface area contributed by atoms with Gasteiger partial charge in [-0.3, -0.25) is 4.79 Å². The zero-order valence-electron chi connectivity index (χ0n) is 19.5. The summed E-state index contributed by atoms with van der Waals surface area (Å²) in [6.07, 6.45) is 3.32. The number of carbonyl (C=O) groups is 1. The van der Waals surface area contributed by atoms with Gasteiger partial charge in [-0.05, 0) is 49.1 Å². The number of halogens is 1. The van der Waals surface area contributed by atoms with E-state index in [4.69, 9.17) is 9.72 Å². The maximum atomic E-state index is 13.9. The molecule has 1 aromatic heterocycles. The number of carbonyl (C=O) groups excluding carboxylic acids is 1. The number of nitrogens with zero attached hydrogens (tertiary/aromatic N) is 4. The topological polar surface area (TPSA) is 58.6 Å². The molecule has 2 aromatic carbocycles. The molecule has 7 heteroatoms. The molecule has 0 N–H and O–H groups in total. The Balaban J connectivity index is 1.59. The first-order chi connectivity index (χ1) is 15.9. The van der Waals surface area contributed by atoms with E-state index in [0.29, 0.717) is 30.4 Å². The Morgan fingerprint density at radius 3 is 2.55 bits per heavy atom. The Kier molecular flexibility index (Phi) is 6.58. The van der Waals surface area contributed by atoms with Gasteiger partial charge in [0.1, 0.15) is 11.6 Å². The fraction of sp³-hybridized carbons (Fsp3) is 0.346. The van der Waals surface area contributed by atoms with E-state index in [1.54, 1.807) is 19.4 Å². The lowest BCUT2D eigenvalue weighted by Crippen LogP contribution is -2.38. The lowest BCUT2D eigenvalue weighted by molar-refractivity contribution is 0.0708. The molecule has 0 bridgehead atoms. The molecule has 6 nitrogen and oxygen atoms in total. The molecule has 1 aliphatic rings. The zero-order chi connectivity index (χ0) is 23.5. The Morgan fingerprint density at radius 1 is 1.15 bits per heavy atom. The van der Waals surface area contributed by atoms with Crippen molar-refractivity contribution in [3.63, 3.8) is 0 Å². The highest BCUT2D eigenvalue weighted by molar-refractivity contribution is 5.97. The average molecular weight is 449 g/mol. The van der Waals surface area contributed by atoms with Crippen LogP contribution < -0.4 is 9.64 Å². The van der Waals surface area contributed by atoms with E-state index >= 15 is 0 Å². The Hall–Kier alpha value is -3.48. The van der Waals surface area contributed by atoms with Gasteiger partial charge in [-0.25, -0.2) is 14.4 Å². The molecule has 0 aliphatic carbocycles. The maximum absolute atomic E-state index is 13.9. The van der Waals surface area contributed by atoms with Crippen LogP contribution in [0.2, 0.25) is 0 Å². The van der Waals surface area contributed by atoms with Crippen molar-refractivity contribution in [2.75, 3.05) is 39.2 Å². The van der Waals surface area contributed by atoms with Crippen LogP contribution in [0.5, 0.6) is 5.75 Å². The van der Waals surface area contributed by atoms with Gasteiger partial charge in [-0.15, -0.1) is 0 Å². The van der Waals surface area contributed by atoms with Crippen molar-refractivity contribution in [1.29, 1.82) is 0 Å². The molecule has 33 heavy (non-hydrogen) atoms. The van der Waals surface area contributed by atoms with Crippen LogP contribution >= 0.6 is 0 Å². The number of likely N-dealkylation sites (tertiary alicyclic amines) is 1. The molecule has 0 radical (unpaired) electrons. The van der Waals surface area contributed by atoms with Crippen LogP contribution in [0, 0.1) is 12.7 Å². The molecule has 4 rings (SSSR count). The molecule has 2 heterocycles. The van der Waals surface area contributed by atoms with Crippen molar-refractivity contribution in [2.24, 2.45) is 0 Å². The average Bonchev–Trinajstić information content (AvgIpc) is 2.83. The molecular weight excluding hydrogens is 419 g/mol. The summed E-state index contributed by atoms with van der Waals surface area (Å²) in [5.74, 6) is 1.09. The zero-order valence-corrected chi connectivity index (χ0v) is 19.5. The minimum atomic E-state index is -0.289. The van der Waals surface area contributed by atoms with Gasteiger partial charge in [0, 0.05) is 44.9 Å². The van der Waals surface area contributed by atoms with E-state index in [9.17, 15) is 9.18 Å². The summed E-state index contributed by atoms with van der Waals surface area (Å²) in [4.78, 5) is 26.3. The lowest BCUT2D eigenvalue weighted by Gasteiger charge is -2.33. The largest absolute Gasteiger partial charge is 0.496 e. The highest BCUT2D eigenvalue weighted by Gasteiger charge is 2.29. The number of piperidine rings is 1. The fourth-order valence-electron chi connectivity index (χ4n) is 4.41. The summed E-state index contributed by atoms with van der Waals surface area (Å²) < 4.78 is 19.4. The Bertz CT molecular complexity index is 1160. The summed E-state index contributed by atoms with van der Waals surface area (Å²) in [7, 11) is 5.39. The van der Waals surface area contributed by atoms with Gasteiger partial charge in [0.25, 0.3) is 5.91 Å². The molecule has 0 unspecified atom stereocenters. The first-order valence-electron chi connectivity index (χ1n) is 11.1. The van der Waals surface area contributed by atoms with E-state index < -0.39 is 0 Å². The number of hydrogen-bond donors (Lipinski definition) is 0. The van der Waals surface area contributed by atoms with Crippen molar-refractivity contribution >= 4 is 11.9 Å². The SMILES string of the molecule is COc1c(C)cccc1C(=O)N1CCC(c2nc(N(C)C)ncc2-c2cccc(F)c2)CC1. The lowest BCUT2D eigenvalue weighted by atomic mass is 9.88. The molecule has 1 amide bonds. The summed E-state index contributed by atoms with van der Waals surface area (Å²) in [6.45, 7) is 3.17. The maximum Gasteiger partial charge on any atom is 0.257 e. The molecule has 0 saturated carbocycles. The second kappa shape index (κ2) is 9.57. The summed E-state index contributed by atoms with van der Waals surface area (Å²) in [5, 5.41) is 0. The van der Waals surface area contributed by atoms with Crippen LogP contribution in [-0.2, 0) is 0 Å². The molecule has 1 saturated heterocycles. The van der Waals surface area contributed by atoms with Crippen molar-refractivity contribution in [2.45, 2.75) is 25.7 Å². The van der Waals surface area contributed by atoms with E-state index in [1.165, 1.54) is 12.1 Å². The van der Waals surface area contributed by atoms with Crippen LogP contribution in [0.15, 0.2) is 48.7 Å².